The number of hydrogen-bond acceptors (Lipinski definition) is 2. The predicted molar refractivity (Wildman–Crippen MR) is 50.5 cm³/mol. The van der Waals surface area contributed by atoms with Gasteiger partial charge in [0.2, 0.25) is 0 Å². The summed E-state index contributed by atoms with van der Waals surface area (Å²) in [4.78, 5) is 0. The fourth-order valence-corrected chi connectivity index (χ4v) is 4.35. The second kappa shape index (κ2) is 2.67. The van der Waals surface area contributed by atoms with E-state index in [2.05, 4.69) is 48.7 Å². The topological polar surface area (TPSA) is 0 Å². The minimum Gasteiger partial charge on any atom is -0.142 e. The minimum atomic E-state index is 0.772. The molecule has 1 aliphatic carbocycles. The molecule has 1 aliphatic heterocycles. The van der Waals surface area contributed by atoms with Gasteiger partial charge in [0.15, 0.2) is 0 Å². The Hall–Kier alpha value is 0.180. The van der Waals surface area contributed by atoms with Crippen LogP contribution in [0, 0.1) is 0 Å². The van der Waals surface area contributed by atoms with E-state index in [1.807, 2.05) is 0 Å². The molecule has 0 saturated carbocycles. The van der Waals surface area contributed by atoms with E-state index in [0.29, 0.717) is 0 Å². The SMILES string of the molecule is CC1=CC2SCSC2C=C1. The Morgan fingerprint density at radius 1 is 1.40 bits per heavy atom. The maximum absolute atomic E-state index is 2.38. The van der Waals surface area contributed by atoms with Gasteiger partial charge in [0, 0.05) is 15.6 Å². The second-order valence-corrected chi connectivity index (χ2v) is 5.35. The third-order valence-corrected chi connectivity index (χ3v) is 4.73. The summed E-state index contributed by atoms with van der Waals surface area (Å²) in [5.41, 5.74) is 1.43. The van der Waals surface area contributed by atoms with Crippen LogP contribution in [0.4, 0.5) is 0 Å². The summed E-state index contributed by atoms with van der Waals surface area (Å²) in [6, 6.07) is 0. The summed E-state index contributed by atoms with van der Waals surface area (Å²) in [5.74, 6) is 0. The molecule has 0 aromatic heterocycles. The van der Waals surface area contributed by atoms with Crippen LogP contribution >= 0.6 is 23.5 Å². The maximum Gasteiger partial charge on any atom is 0.0405 e. The van der Waals surface area contributed by atoms with Crippen LogP contribution in [0.5, 0.6) is 0 Å². The van der Waals surface area contributed by atoms with Gasteiger partial charge < -0.3 is 0 Å². The zero-order chi connectivity index (χ0) is 6.97. The van der Waals surface area contributed by atoms with E-state index in [0.717, 1.165) is 10.5 Å². The van der Waals surface area contributed by atoms with E-state index in [1.165, 1.54) is 10.7 Å². The van der Waals surface area contributed by atoms with Crippen molar-refractivity contribution in [1.29, 1.82) is 0 Å². The van der Waals surface area contributed by atoms with Crippen LogP contribution in [-0.4, -0.2) is 15.6 Å². The quantitative estimate of drug-likeness (QED) is 0.548. The van der Waals surface area contributed by atoms with Gasteiger partial charge in [-0.3, -0.25) is 0 Å². The number of rotatable bonds is 0. The van der Waals surface area contributed by atoms with Gasteiger partial charge in [-0.15, -0.1) is 23.5 Å². The van der Waals surface area contributed by atoms with Crippen molar-refractivity contribution in [2.24, 2.45) is 0 Å². The average molecular weight is 170 g/mol. The van der Waals surface area contributed by atoms with E-state index in [1.54, 1.807) is 0 Å². The van der Waals surface area contributed by atoms with Gasteiger partial charge in [0.1, 0.15) is 0 Å². The van der Waals surface area contributed by atoms with Crippen LogP contribution in [0.25, 0.3) is 0 Å². The van der Waals surface area contributed by atoms with Gasteiger partial charge in [0.05, 0.1) is 0 Å². The van der Waals surface area contributed by atoms with Gasteiger partial charge in [0.25, 0.3) is 0 Å². The molecule has 0 aromatic rings. The summed E-state index contributed by atoms with van der Waals surface area (Å²) in [6.45, 7) is 2.18. The van der Waals surface area contributed by atoms with Crippen LogP contribution < -0.4 is 0 Å². The molecule has 0 spiro atoms. The first kappa shape index (κ1) is 6.86. The summed E-state index contributed by atoms with van der Waals surface area (Å²) in [6.07, 6.45) is 6.96. The van der Waals surface area contributed by atoms with Crippen LogP contribution in [0.1, 0.15) is 6.92 Å². The summed E-state index contributed by atoms with van der Waals surface area (Å²) >= 11 is 4.13. The van der Waals surface area contributed by atoms with Crippen molar-refractivity contribution in [3.8, 4) is 0 Å². The van der Waals surface area contributed by atoms with Crippen molar-refractivity contribution < 1.29 is 0 Å². The molecular formula is C8H10S2. The standard InChI is InChI=1S/C8H10S2/c1-6-2-3-7-8(4-6)10-5-9-7/h2-4,7-8H,5H2,1H3. The number of allylic oxidation sites excluding steroid dienone is 2. The molecule has 0 radical (unpaired) electrons. The summed E-state index contributed by atoms with van der Waals surface area (Å²) in [7, 11) is 0. The van der Waals surface area contributed by atoms with Gasteiger partial charge >= 0.3 is 0 Å². The lowest BCUT2D eigenvalue weighted by Gasteiger charge is -2.14. The molecule has 0 aromatic carbocycles. The largest absolute Gasteiger partial charge is 0.142 e. The van der Waals surface area contributed by atoms with Gasteiger partial charge in [-0.05, 0) is 6.92 Å². The number of fused-ring (bicyclic) bond motifs is 1. The Labute approximate surface area is 70.1 Å². The second-order valence-electron chi connectivity index (χ2n) is 2.65. The smallest absolute Gasteiger partial charge is 0.0405 e. The first-order chi connectivity index (χ1) is 4.86. The molecule has 10 heavy (non-hydrogen) atoms. The molecule has 2 heteroatoms. The molecule has 1 fully saturated rings. The van der Waals surface area contributed by atoms with E-state index in [-0.39, 0.29) is 0 Å². The average Bonchev–Trinajstić information content (AvgIpc) is 2.33. The normalized spacial score (nSPS) is 37.5. The highest BCUT2D eigenvalue weighted by Gasteiger charge is 2.26. The van der Waals surface area contributed by atoms with E-state index in [9.17, 15) is 0 Å². The predicted octanol–water partition coefficient (Wildman–Crippen LogP) is 2.68. The lowest BCUT2D eigenvalue weighted by Crippen LogP contribution is -2.12. The molecule has 1 heterocycles. The molecule has 0 bridgehead atoms. The lowest BCUT2D eigenvalue weighted by atomic mass is 10.1. The lowest BCUT2D eigenvalue weighted by molar-refractivity contribution is 1.07. The molecule has 2 aliphatic rings. The first-order valence-electron chi connectivity index (χ1n) is 3.46. The Balaban J connectivity index is 2.20. The fourth-order valence-electron chi connectivity index (χ4n) is 1.26. The Morgan fingerprint density at radius 2 is 2.20 bits per heavy atom. The molecule has 0 N–H and O–H groups in total. The molecular weight excluding hydrogens is 160 g/mol. The molecule has 0 amide bonds. The van der Waals surface area contributed by atoms with Crippen LogP contribution in [0.3, 0.4) is 0 Å². The maximum atomic E-state index is 2.38. The van der Waals surface area contributed by atoms with E-state index in [4.69, 9.17) is 0 Å². The number of hydrogen-bond donors (Lipinski definition) is 0. The van der Waals surface area contributed by atoms with Crippen LogP contribution in [0.2, 0.25) is 0 Å². The highest BCUT2D eigenvalue weighted by molar-refractivity contribution is 8.20. The van der Waals surface area contributed by atoms with Crippen molar-refractivity contribution in [2.75, 3.05) is 5.08 Å². The molecule has 2 rings (SSSR count). The van der Waals surface area contributed by atoms with E-state index < -0.39 is 0 Å². The highest BCUT2D eigenvalue weighted by Crippen LogP contribution is 2.40. The molecule has 54 valence electrons. The summed E-state index contributed by atoms with van der Waals surface area (Å²) in [5, 5.41) is 2.81. The van der Waals surface area contributed by atoms with Crippen molar-refractivity contribution in [1.82, 2.24) is 0 Å². The zero-order valence-corrected chi connectivity index (χ0v) is 7.54. The Bertz CT molecular complexity index is 193. The van der Waals surface area contributed by atoms with Crippen LogP contribution in [0.15, 0.2) is 23.8 Å². The molecule has 0 nitrogen and oxygen atoms in total. The molecule has 1 saturated heterocycles. The van der Waals surface area contributed by atoms with Crippen LogP contribution in [-0.2, 0) is 0 Å². The molecule has 2 atom stereocenters. The van der Waals surface area contributed by atoms with Crippen molar-refractivity contribution in [3.05, 3.63) is 23.8 Å². The van der Waals surface area contributed by atoms with Gasteiger partial charge in [-0.25, -0.2) is 0 Å². The zero-order valence-electron chi connectivity index (χ0n) is 5.91. The third kappa shape index (κ3) is 1.15. The van der Waals surface area contributed by atoms with Crippen molar-refractivity contribution >= 4 is 23.5 Å². The van der Waals surface area contributed by atoms with Crippen molar-refractivity contribution in [2.45, 2.75) is 17.4 Å². The molecule has 2 unspecified atom stereocenters. The first-order valence-corrected chi connectivity index (χ1v) is 5.56. The van der Waals surface area contributed by atoms with Crippen molar-refractivity contribution in [3.63, 3.8) is 0 Å². The monoisotopic (exact) mass is 170 g/mol. The Kier molecular flexibility index (Phi) is 1.83. The third-order valence-electron chi connectivity index (χ3n) is 1.82. The fraction of sp³-hybridized carbons (Fsp3) is 0.500. The summed E-state index contributed by atoms with van der Waals surface area (Å²) < 4.78 is 0. The number of thioether (sulfide) groups is 2. The van der Waals surface area contributed by atoms with Gasteiger partial charge in [-0.1, -0.05) is 23.8 Å². The van der Waals surface area contributed by atoms with Gasteiger partial charge in [-0.2, -0.15) is 0 Å². The Morgan fingerprint density at radius 3 is 3.10 bits per heavy atom. The van der Waals surface area contributed by atoms with E-state index >= 15 is 0 Å². The minimum absolute atomic E-state index is 0.772. The highest BCUT2D eigenvalue weighted by atomic mass is 32.2.